The molecule has 0 aromatic heterocycles. The van der Waals surface area contributed by atoms with Gasteiger partial charge < -0.3 is 10.0 Å². The van der Waals surface area contributed by atoms with Crippen molar-refractivity contribution >= 4 is 0 Å². The largest absolute Gasteiger partial charge is 0.508 e. The fourth-order valence-electron chi connectivity index (χ4n) is 2.61. The molecule has 2 rings (SSSR count). The molecular formula is C16H25NO. The highest BCUT2D eigenvalue weighted by molar-refractivity contribution is 5.25. The van der Waals surface area contributed by atoms with Crippen molar-refractivity contribution < 1.29 is 5.11 Å². The average molecular weight is 247 g/mol. The molecule has 0 bridgehead atoms. The van der Waals surface area contributed by atoms with E-state index in [0.29, 0.717) is 5.75 Å². The molecule has 100 valence electrons. The fourth-order valence-corrected chi connectivity index (χ4v) is 2.61. The average Bonchev–Trinajstić information content (AvgIpc) is 2.39. The zero-order chi connectivity index (χ0) is 12.8. The number of piperidine rings is 1. The summed E-state index contributed by atoms with van der Waals surface area (Å²) in [5.74, 6) is 1.29. The lowest BCUT2D eigenvalue weighted by Crippen LogP contribution is -2.33. The maximum Gasteiger partial charge on any atom is 0.115 e. The number of phenolic OH excluding ortho intramolecular Hbond substituents is 1. The van der Waals surface area contributed by atoms with Crippen molar-refractivity contribution in [3.63, 3.8) is 0 Å². The van der Waals surface area contributed by atoms with E-state index in [1.165, 1.54) is 50.9 Å². The summed E-state index contributed by atoms with van der Waals surface area (Å²) in [6, 6.07) is 7.61. The van der Waals surface area contributed by atoms with E-state index in [1.807, 2.05) is 12.1 Å². The van der Waals surface area contributed by atoms with E-state index in [2.05, 4.69) is 11.8 Å². The summed E-state index contributed by atoms with van der Waals surface area (Å²) in [6.07, 6.45) is 6.41. The molecule has 0 aliphatic carbocycles. The third kappa shape index (κ3) is 4.34. The molecule has 2 heteroatoms. The van der Waals surface area contributed by atoms with Gasteiger partial charge in [-0.1, -0.05) is 19.1 Å². The number of aromatic hydroxyl groups is 1. The lowest BCUT2D eigenvalue weighted by molar-refractivity contribution is 0.189. The topological polar surface area (TPSA) is 23.5 Å². The molecule has 1 aromatic rings. The van der Waals surface area contributed by atoms with Gasteiger partial charge in [-0.3, -0.25) is 0 Å². The minimum absolute atomic E-state index is 0.362. The van der Waals surface area contributed by atoms with Gasteiger partial charge in [0.1, 0.15) is 5.75 Å². The Kier molecular flexibility index (Phi) is 5.06. The van der Waals surface area contributed by atoms with Crippen LogP contribution in [-0.2, 0) is 6.42 Å². The van der Waals surface area contributed by atoms with E-state index >= 15 is 0 Å². The SMILES string of the molecule is CC1CCN(CCCCc2ccc(O)cc2)CC1. The molecule has 0 spiro atoms. The van der Waals surface area contributed by atoms with Gasteiger partial charge in [0.25, 0.3) is 0 Å². The lowest BCUT2D eigenvalue weighted by atomic mass is 9.99. The number of unbranched alkanes of at least 4 members (excludes halogenated alkanes) is 1. The third-order valence-electron chi connectivity index (χ3n) is 4.00. The van der Waals surface area contributed by atoms with Crippen LogP contribution in [0.5, 0.6) is 5.75 Å². The van der Waals surface area contributed by atoms with Crippen molar-refractivity contribution in [3.8, 4) is 5.75 Å². The third-order valence-corrected chi connectivity index (χ3v) is 4.00. The molecule has 0 radical (unpaired) electrons. The zero-order valence-electron chi connectivity index (χ0n) is 11.4. The fraction of sp³-hybridized carbons (Fsp3) is 0.625. The van der Waals surface area contributed by atoms with Gasteiger partial charge in [-0.2, -0.15) is 0 Å². The summed E-state index contributed by atoms with van der Waals surface area (Å²) in [5.41, 5.74) is 1.33. The summed E-state index contributed by atoms with van der Waals surface area (Å²) in [4.78, 5) is 2.61. The van der Waals surface area contributed by atoms with E-state index < -0.39 is 0 Å². The van der Waals surface area contributed by atoms with Crippen LogP contribution in [0.25, 0.3) is 0 Å². The molecule has 0 atom stereocenters. The highest BCUT2D eigenvalue weighted by Gasteiger charge is 2.14. The number of benzene rings is 1. The Morgan fingerprint density at radius 3 is 2.44 bits per heavy atom. The van der Waals surface area contributed by atoms with Crippen LogP contribution in [0.15, 0.2) is 24.3 Å². The predicted molar refractivity (Wildman–Crippen MR) is 75.9 cm³/mol. The number of hydrogen-bond donors (Lipinski definition) is 1. The number of nitrogens with zero attached hydrogens (tertiary/aromatic N) is 1. The maximum absolute atomic E-state index is 9.21. The molecule has 1 aliphatic rings. The second-order valence-electron chi connectivity index (χ2n) is 5.65. The quantitative estimate of drug-likeness (QED) is 0.806. The van der Waals surface area contributed by atoms with Gasteiger partial charge in [0.2, 0.25) is 0 Å². The highest BCUT2D eigenvalue weighted by Crippen LogP contribution is 2.17. The van der Waals surface area contributed by atoms with Crippen LogP contribution in [0.2, 0.25) is 0 Å². The van der Waals surface area contributed by atoms with Crippen LogP contribution in [-0.4, -0.2) is 29.6 Å². The molecule has 0 saturated carbocycles. The van der Waals surface area contributed by atoms with Crippen LogP contribution >= 0.6 is 0 Å². The van der Waals surface area contributed by atoms with E-state index in [0.717, 1.165) is 12.3 Å². The molecule has 1 heterocycles. The first-order chi connectivity index (χ1) is 8.74. The second-order valence-corrected chi connectivity index (χ2v) is 5.65. The zero-order valence-corrected chi connectivity index (χ0v) is 11.4. The van der Waals surface area contributed by atoms with Gasteiger partial charge in [0.15, 0.2) is 0 Å². The molecule has 1 N–H and O–H groups in total. The van der Waals surface area contributed by atoms with Gasteiger partial charge in [-0.15, -0.1) is 0 Å². The lowest BCUT2D eigenvalue weighted by Gasteiger charge is -2.30. The van der Waals surface area contributed by atoms with Crippen LogP contribution < -0.4 is 0 Å². The van der Waals surface area contributed by atoms with E-state index in [1.54, 1.807) is 12.1 Å². The normalized spacial score (nSPS) is 18.1. The summed E-state index contributed by atoms with van der Waals surface area (Å²) < 4.78 is 0. The standard InChI is InChI=1S/C16H25NO/c1-14-9-12-17(13-10-14)11-3-2-4-15-5-7-16(18)8-6-15/h5-8,14,18H,2-4,9-13H2,1H3. The minimum Gasteiger partial charge on any atom is -0.508 e. The van der Waals surface area contributed by atoms with Gasteiger partial charge in [0, 0.05) is 0 Å². The van der Waals surface area contributed by atoms with Crippen LogP contribution in [0.3, 0.4) is 0 Å². The van der Waals surface area contributed by atoms with Crippen molar-refractivity contribution in [2.24, 2.45) is 5.92 Å². The van der Waals surface area contributed by atoms with Gasteiger partial charge in [-0.25, -0.2) is 0 Å². The maximum atomic E-state index is 9.21. The smallest absolute Gasteiger partial charge is 0.115 e. The first kappa shape index (κ1) is 13.4. The van der Waals surface area contributed by atoms with Crippen molar-refractivity contribution in [3.05, 3.63) is 29.8 Å². The first-order valence-electron chi connectivity index (χ1n) is 7.24. The van der Waals surface area contributed by atoms with Crippen LogP contribution in [0.1, 0.15) is 38.2 Å². The molecule has 1 aliphatic heterocycles. The Labute approximate surface area is 111 Å². The van der Waals surface area contributed by atoms with E-state index in [-0.39, 0.29) is 0 Å². The van der Waals surface area contributed by atoms with Crippen LogP contribution in [0, 0.1) is 5.92 Å². The monoisotopic (exact) mass is 247 g/mol. The van der Waals surface area contributed by atoms with Gasteiger partial charge >= 0.3 is 0 Å². The summed E-state index contributed by atoms with van der Waals surface area (Å²) in [5, 5.41) is 9.21. The van der Waals surface area contributed by atoms with Crippen molar-refractivity contribution in [1.29, 1.82) is 0 Å². The summed E-state index contributed by atoms with van der Waals surface area (Å²) in [6.45, 7) is 6.20. The van der Waals surface area contributed by atoms with E-state index in [4.69, 9.17) is 0 Å². The van der Waals surface area contributed by atoms with E-state index in [9.17, 15) is 5.11 Å². The molecule has 1 fully saturated rings. The number of rotatable bonds is 5. The molecule has 1 aromatic carbocycles. The first-order valence-corrected chi connectivity index (χ1v) is 7.24. The Balaban J connectivity index is 1.60. The number of hydrogen-bond acceptors (Lipinski definition) is 2. The van der Waals surface area contributed by atoms with Crippen LogP contribution in [0.4, 0.5) is 0 Å². The molecule has 2 nitrogen and oxygen atoms in total. The molecule has 18 heavy (non-hydrogen) atoms. The number of phenols is 1. The van der Waals surface area contributed by atoms with Gasteiger partial charge in [0.05, 0.1) is 0 Å². The Morgan fingerprint density at radius 1 is 1.11 bits per heavy atom. The Morgan fingerprint density at radius 2 is 1.78 bits per heavy atom. The molecule has 0 unspecified atom stereocenters. The van der Waals surface area contributed by atoms with Crippen molar-refractivity contribution in [1.82, 2.24) is 4.90 Å². The number of likely N-dealkylation sites (tertiary alicyclic amines) is 1. The number of aryl methyl sites for hydroxylation is 1. The van der Waals surface area contributed by atoms with Crippen molar-refractivity contribution in [2.45, 2.75) is 39.0 Å². The summed E-state index contributed by atoms with van der Waals surface area (Å²) in [7, 11) is 0. The van der Waals surface area contributed by atoms with Crippen molar-refractivity contribution in [2.75, 3.05) is 19.6 Å². The predicted octanol–water partition coefficient (Wildman–Crippen LogP) is 3.45. The Hall–Kier alpha value is -1.02. The Bertz CT molecular complexity index is 339. The molecule has 0 amide bonds. The minimum atomic E-state index is 0.362. The van der Waals surface area contributed by atoms with Gasteiger partial charge in [-0.05, 0) is 75.4 Å². The molecular weight excluding hydrogens is 222 g/mol. The second kappa shape index (κ2) is 6.79. The summed E-state index contributed by atoms with van der Waals surface area (Å²) >= 11 is 0. The highest BCUT2D eigenvalue weighted by atomic mass is 16.3. The molecule has 1 saturated heterocycles.